The van der Waals surface area contributed by atoms with Crippen LogP contribution in [0.25, 0.3) is 5.57 Å². The molecule has 1 aromatic carbocycles. The van der Waals surface area contributed by atoms with Gasteiger partial charge < -0.3 is 5.11 Å². The van der Waals surface area contributed by atoms with E-state index in [1.54, 1.807) is 0 Å². The van der Waals surface area contributed by atoms with Gasteiger partial charge in [-0.1, -0.05) is 39.0 Å². The molecule has 2 aromatic rings. The summed E-state index contributed by atoms with van der Waals surface area (Å²) in [5, 5.41) is 11.0. The number of benzene rings is 1. The van der Waals surface area contributed by atoms with Crippen LogP contribution in [0.5, 0.6) is 0 Å². The maximum Gasteiger partial charge on any atom is 0.272 e. The fraction of sp³-hybridized carbons (Fsp3) is 0.300. The van der Waals surface area contributed by atoms with Crippen LogP contribution < -0.4 is 4.90 Å². The van der Waals surface area contributed by atoms with E-state index in [4.69, 9.17) is 5.11 Å². The van der Waals surface area contributed by atoms with E-state index >= 15 is 0 Å². The molecule has 2 amide bonds. The van der Waals surface area contributed by atoms with Crippen LogP contribution in [0.4, 0.5) is 5.69 Å². The molecule has 2 heterocycles. The Morgan fingerprint density at radius 2 is 1.77 bits per heavy atom. The first-order chi connectivity index (χ1) is 12.3. The van der Waals surface area contributed by atoms with Gasteiger partial charge in [0.15, 0.2) is 0 Å². The summed E-state index contributed by atoms with van der Waals surface area (Å²) in [6.07, 6.45) is 0. The number of hydrogen-bond acceptors (Lipinski definition) is 5. The van der Waals surface area contributed by atoms with Crippen LogP contribution in [0.15, 0.2) is 46.7 Å². The van der Waals surface area contributed by atoms with Crippen molar-refractivity contribution in [2.75, 3.05) is 17.3 Å². The zero-order chi connectivity index (χ0) is 18.9. The molecule has 0 spiro atoms. The highest BCUT2D eigenvalue weighted by Crippen LogP contribution is 2.40. The topological polar surface area (TPSA) is 57.6 Å². The van der Waals surface area contributed by atoms with Crippen molar-refractivity contribution in [1.29, 1.82) is 0 Å². The molecule has 0 saturated heterocycles. The van der Waals surface area contributed by atoms with E-state index in [1.807, 2.05) is 41.8 Å². The van der Waals surface area contributed by atoms with Crippen molar-refractivity contribution in [1.82, 2.24) is 0 Å². The number of aliphatic hydroxyl groups is 1. The summed E-state index contributed by atoms with van der Waals surface area (Å²) in [4.78, 5) is 28.4. The van der Waals surface area contributed by atoms with Crippen LogP contribution in [-0.4, -0.2) is 29.3 Å². The van der Waals surface area contributed by atoms with Gasteiger partial charge in [-0.3, -0.25) is 9.59 Å². The monoisotopic (exact) mass is 387 g/mol. The zero-order valence-electron chi connectivity index (χ0n) is 15.0. The highest BCUT2D eigenvalue weighted by molar-refractivity contribution is 8.04. The number of anilines is 1. The lowest BCUT2D eigenvalue weighted by atomic mass is 9.87. The van der Waals surface area contributed by atoms with E-state index in [2.05, 4.69) is 20.8 Å². The Kier molecular flexibility index (Phi) is 5.37. The Labute approximate surface area is 161 Å². The Bertz CT molecular complexity index is 846. The lowest BCUT2D eigenvalue weighted by molar-refractivity contribution is -0.119. The molecule has 1 aliphatic rings. The highest BCUT2D eigenvalue weighted by atomic mass is 32.2. The second-order valence-electron chi connectivity index (χ2n) is 7.00. The number of thiophene rings is 1. The SMILES string of the molecule is CC(C)(C)c1ccc(N2C(=O)C(SCCO)=C(c3cccs3)C2=O)cc1. The first kappa shape index (κ1) is 18.9. The summed E-state index contributed by atoms with van der Waals surface area (Å²) in [5.74, 6) is -0.248. The van der Waals surface area contributed by atoms with E-state index in [-0.39, 0.29) is 23.8 Å². The summed E-state index contributed by atoms with van der Waals surface area (Å²) in [7, 11) is 0. The zero-order valence-corrected chi connectivity index (χ0v) is 16.6. The number of thioether (sulfide) groups is 1. The van der Waals surface area contributed by atoms with Crippen LogP contribution in [0.3, 0.4) is 0 Å². The van der Waals surface area contributed by atoms with Gasteiger partial charge in [-0.2, -0.15) is 0 Å². The molecular weight excluding hydrogens is 366 g/mol. The van der Waals surface area contributed by atoms with Crippen molar-refractivity contribution < 1.29 is 14.7 Å². The van der Waals surface area contributed by atoms with E-state index in [0.717, 1.165) is 10.4 Å². The van der Waals surface area contributed by atoms with Crippen molar-refractivity contribution >= 4 is 46.2 Å². The van der Waals surface area contributed by atoms with E-state index in [0.29, 0.717) is 21.9 Å². The third-order valence-electron chi connectivity index (χ3n) is 4.14. The minimum atomic E-state index is -0.319. The molecule has 1 aliphatic heterocycles. The normalized spacial score (nSPS) is 15.3. The van der Waals surface area contributed by atoms with E-state index < -0.39 is 0 Å². The quantitative estimate of drug-likeness (QED) is 0.786. The maximum atomic E-state index is 13.0. The molecule has 1 N–H and O–H groups in total. The second-order valence-corrected chi connectivity index (χ2v) is 9.05. The number of imide groups is 1. The van der Waals surface area contributed by atoms with Crippen molar-refractivity contribution in [2.24, 2.45) is 0 Å². The summed E-state index contributed by atoms with van der Waals surface area (Å²) < 4.78 is 0. The van der Waals surface area contributed by atoms with Gasteiger partial charge in [-0.25, -0.2) is 4.90 Å². The number of aliphatic hydroxyl groups excluding tert-OH is 1. The fourth-order valence-corrected chi connectivity index (χ4v) is 4.46. The average molecular weight is 388 g/mol. The molecule has 0 fully saturated rings. The van der Waals surface area contributed by atoms with Crippen molar-refractivity contribution in [3.63, 3.8) is 0 Å². The Morgan fingerprint density at radius 3 is 2.31 bits per heavy atom. The molecular formula is C20H21NO3S2. The number of carbonyl (C=O) groups is 2. The number of rotatable bonds is 5. The molecule has 1 aromatic heterocycles. The lowest BCUT2D eigenvalue weighted by Crippen LogP contribution is -2.31. The largest absolute Gasteiger partial charge is 0.396 e. The van der Waals surface area contributed by atoms with Gasteiger partial charge in [0.05, 0.1) is 22.8 Å². The third kappa shape index (κ3) is 3.49. The van der Waals surface area contributed by atoms with Crippen LogP contribution >= 0.6 is 23.1 Å². The van der Waals surface area contributed by atoms with Gasteiger partial charge in [-0.05, 0) is 34.6 Å². The van der Waals surface area contributed by atoms with Gasteiger partial charge in [0.2, 0.25) is 0 Å². The minimum Gasteiger partial charge on any atom is -0.396 e. The number of hydrogen-bond donors (Lipinski definition) is 1. The molecule has 4 nitrogen and oxygen atoms in total. The first-order valence-electron chi connectivity index (χ1n) is 8.35. The van der Waals surface area contributed by atoms with Gasteiger partial charge in [-0.15, -0.1) is 23.1 Å². The van der Waals surface area contributed by atoms with E-state index in [1.165, 1.54) is 28.0 Å². The van der Waals surface area contributed by atoms with Crippen molar-refractivity contribution in [3.05, 3.63) is 57.1 Å². The lowest BCUT2D eigenvalue weighted by Gasteiger charge is -2.21. The average Bonchev–Trinajstić information content (AvgIpc) is 3.19. The molecule has 136 valence electrons. The first-order valence-corrected chi connectivity index (χ1v) is 10.2. The molecule has 3 rings (SSSR count). The molecule has 0 radical (unpaired) electrons. The summed E-state index contributed by atoms with van der Waals surface area (Å²) >= 11 is 2.67. The second kappa shape index (κ2) is 7.39. The summed E-state index contributed by atoms with van der Waals surface area (Å²) in [5.41, 5.74) is 2.15. The maximum absolute atomic E-state index is 13.0. The minimum absolute atomic E-state index is 0.0000736. The third-order valence-corrected chi connectivity index (χ3v) is 6.08. The van der Waals surface area contributed by atoms with Gasteiger partial charge in [0, 0.05) is 10.6 Å². The number of carbonyl (C=O) groups excluding carboxylic acids is 2. The fourth-order valence-electron chi connectivity index (χ4n) is 2.77. The molecule has 0 saturated carbocycles. The van der Waals surface area contributed by atoms with Crippen LogP contribution in [-0.2, 0) is 15.0 Å². The van der Waals surface area contributed by atoms with E-state index in [9.17, 15) is 9.59 Å². The van der Waals surface area contributed by atoms with Crippen LogP contribution in [0.2, 0.25) is 0 Å². The molecule has 0 aliphatic carbocycles. The number of nitrogens with zero attached hydrogens (tertiary/aromatic N) is 1. The number of amides is 2. The standard InChI is InChI=1S/C20H21NO3S2/c1-20(2,3)13-6-8-14(9-7-13)21-18(23)16(15-5-4-11-25-15)17(19(21)24)26-12-10-22/h4-9,11,22H,10,12H2,1-3H3. The Hall–Kier alpha value is -1.89. The van der Waals surface area contributed by atoms with Gasteiger partial charge in [0.25, 0.3) is 11.8 Å². The van der Waals surface area contributed by atoms with Gasteiger partial charge in [0.1, 0.15) is 0 Å². The smallest absolute Gasteiger partial charge is 0.272 e. The molecule has 0 bridgehead atoms. The van der Waals surface area contributed by atoms with Crippen molar-refractivity contribution in [3.8, 4) is 0 Å². The molecule has 0 unspecified atom stereocenters. The summed E-state index contributed by atoms with van der Waals surface area (Å²) in [6, 6.07) is 11.3. The van der Waals surface area contributed by atoms with Gasteiger partial charge >= 0.3 is 0 Å². The molecule has 26 heavy (non-hydrogen) atoms. The highest BCUT2D eigenvalue weighted by Gasteiger charge is 2.40. The Morgan fingerprint density at radius 1 is 1.08 bits per heavy atom. The summed E-state index contributed by atoms with van der Waals surface area (Å²) in [6.45, 7) is 6.31. The molecule has 6 heteroatoms. The Balaban J connectivity index is 1.98. The molecule has 0 atom stereocenters. The van der Waals surface area contributed by atoms with Crippen LogP contribution in [0.1, 0.15) is 31.2 Å². The van der Waals surface area contributed by atoms with Crippen LogP contribution in [0, 0.1) is 0 Å². The van der Waals surface area contributed by atoms with Crippen molar-refractivity contribution in [2.45, 2.75) is 26.2 Å². The predicted octanol–water partition coefficient (Wildman–Crippen LogP) is 4.06. The predicted molar refractivity (Wildman–Crippen MR) is 108 cm³/mol.